The summed E-state index contributed by atoms with van der Waals surface area (Å²) in [5.74, 6) is -1.31. The molecule has 0 aromatic heterocycles. The minimum Gasteiger partial charge on any atom is -0.479 e. The zero-order chi connectivity index (χ0) is 23.4. The van der Waals surface area contributed by atoms with E-state index in [9.17, 15) is 19.5 Å². The van der Waals surface area contributed by atoms with E-state index in [1.54, 1.807) is 0 Å². The molecule has 1 atom stereocenters. The molecular weight excluding hydrogens is 424 g/mol. The second-order valence-electron chi connectivity index (χ2n) is 8.70. The molecule has 2 aliphatic carbocycles. The molecule has 0 radical (unpaired) electrons. The molecule has 8 nitrogen and oxygen atoms in total. The summed E-state index contributed by atoms with van der Waals surface area (Å²) in [6.07, 6.45) is -0.263. The first kappa shape index (κ1) is 22.8. The highest BCUT2D eigenvalue weighted by molar-refractivity contribution is 5.79. The number of ether oxygens (including phenoxy) is 1. The van der Waals surface area contributed by atoms with Gasteiger partial charge in [-0.05, 0) is 41.0 Å². The standard InChI is InChI=1S/C25H28N2O6/c28-22(24(30)31)9-10-26-23(29)13-15-11-16(12-15)27-25(32)33-14-21-19-7-3-1-5-17(19)18-6-2-4-8-20(18)21/h1-8,15-16,21-22,28H,9-14H2,(H,26,29)(H,27,32)(H,30,31). The van der Waals surface area contributed by atoms with E-state index in [0.29, 0.717) is 19.3 Å². The smallest absolute Gasteiger partial charge is 0.407 e. The fourth-order valence-corrected chi connectivity index (χ4v) is 4.63. The number of aliphatic hydroxyl groups excluding tert-OH is 1. The van der Waals surface area contributed by atoms with Crippen LogP contribution in [-0.4, -0.2) is 53.5 Å². The summed E-state index contributed by atoms with van der Waals surface area (Å²) < 4.78 is 5.56. The molecule has 2 aromatic rings. The summed E-state index contributed by atoms with van der Waals surface area (Å²) in [5, 5.41) is 23.3. The Kier molecular flexibility index (Phi) is 6.93. The Morgan fingerprint density at radius 2 is 1.61 bits per heavy atom. The van der Waals surface area contributed by atoms with E-state index >= 15 is 0 Å². The van der Waals surface area contributed by atoms with Crippen LogP contribution < -0.4 is 10.6 Å². The zero-order valence-corrected chi connectivity index (χ0v) is 18.2. The summed E-state index contributed by atoms with van der Waals surface area (Å²) in [7, 11) is 0. The summed E-state index contributed by atoms with van der Waals surface area (Å²) in [4.78, 5) is 34.8. The second-order valence-corrected chi connectivity index (χ2v) is 8.70. The van der Waals surface area contributed by atoms with E-state index in [0.717, 1.165) is 11.1 Å². The number of aliphatic carboxylic acids is 1. The summed E-state index contributed by atoms with van der Waals surface area (Å²) >= 11 is 0. The maximum atomic E-state index is 12.3. The van der Waals surface area contributed by atoms with Crippen molar-refractivity contribution in [2.45, 2.75) is 43.7 Å². The lowest BCUT2D eigenvalue weighted by Gasteiger charge is -2.35. The third-order valence-corrected chi connectivity index (χ3v) is 6.40. The lowest BCUT2D eigenvalue weighted by Crippen LogP contribution is -2.46. The first-order valence-corrected chi connectivity index (χ1v) is 11.2. The van der Waals surface area contributed by atoms with Crippen LogP contribution in [0.1, 0.15) is 42.7 Å². The van der Waals surface area contributed by atoms with Gasteiger partial charge in [0.25, 0.3) is 0 Å². The summed E-state index contributed by atoms with van der Waals surface area (Å²) in [5.41, 5.74) is 4.69. The van der Waals surface area contributed by atoms with Gasteiger partial charge in [-0.1, -0.05) is 48.5 Å². The highest BCUT2D eigenvalue weighted by atomic mass is 16.5. The van der Waals surface area contributed by atoms with Gasteiger partial charge in [0, 0.05) is 31.3 Å². The molecule has 1 fully saturated rings. The fourth-order valence-electron chi connectivity index (χ4n) is 4.63. The molecule has 33 heavy (non-hydrogen) atoms. The zero-order valence-electron chi connectivity index (χ0n) is 18.2. The Morgan fingerprint density at radius 3 is 2.21 bits per heavy atom. The molecule has 1 saturated carbocycles. The number of carboxylic acids is 1. The molecule has 4 N–H and O–H groups in total. The van der Waals surface area contributed by atoms with Crippen LogP contribution in [0.4, 0.5) is 4.79 Å². The Labute approximate surface area is 192 Å². The van der Waals surface area contributed by atoms with E-state index in [-0.39, 0.29) is 43.4 Å². The van der Waals surface area contributed by atoms with Crippen LogP contribution in [0.2, 0.25) is 0 Å². The van der Waals surface area contributed by atoms with Crippen molar-refractivity contribution in [3.8, 4) is 11.1 Å². The van der Waals surface area contributed by atoms with E-state index in [4.69, 9.17) is 9.84 Å². The number of carboxylic acid groups (broad SMARTS) is 1. The summed E-state index contributed by atoms with van der Waals surface area (Å²) in [6, 6.07) is 16.3. The molecule has 1 unspecified atom stereocenters. The Balaban J connectivity index is 1.17. The first-order valence-electron chi connectivity index (χ1n) is 11.2. The van der Waals surface area contributed by atoms with Crippen molar-refractivity contribution < 1.29 is 29.3 Å². The highest BCUT2D eigenvalue weighted by Crippen LogP contribution is 2.44. The lowest BCUT2D eigenvalue weighted by atomic mass is 9.78. The summed E-state index contributed by atoms with van der Waals surface area (Å²) in [6.45, 7) is 0.376. The molecule has 2 amide bonds. The molecule has 2 aliphatic rings. The largest absolute Gasteiger partial charge is 0.479 e. The number of nitrogens with one attached hydrogen (secondary N) is 2. The van der Waals surface area contributed by atoms with E-state index in [1.165, 1.54) is 11.1 Å². The van der Waals surface area contributed by atoms with E-state index < -0.39 is 18.2 Å². The number of hydrogen-bond acceptors (Lipinski definition) is 5. The number of carbonyl (C=O) groups excluding carboxylic acids is 2. The minimum absolute atomic E-state index is 0.0145. The van der Waals surface area contributed by atoms with Gasteiger partial charge in [0.05, 0.1) is 0 Å². The van der Waals surface area contributed by atoms with Gasteiger partial charge < -0.3 is 25.6 Å². The van der Waals surface area contributed by atoms with Crippen molar-refractivity contribution in [1.82, 2.24) is 10.6 Å². The predicted molar refractivity (Wildman–Crippen MR) is 121 cm³/mol. The van der Waals surface area contributed by atoms with E-state index in [2.05, 4.69) is 34.9 Å². The molecule has 4 rings (SSSR count). The Hall–Kier alpha value is -3.39. The van der Waals surface area contributed by atoms with Crippen LogP contribution in [0, 0.1) is 5.92 Å². The van der Waals surface area contributed by atoms with Crippen LogP contribution in [0.25, 0.3) is 11.1 Å². The van der Waals surface area contributed by atoms with Crippen LogP contribution >= 0.6 is 0 Å². The van der Waals surface area contributed by atoms with Crippen molar-refractivity contribution in [1.29, 1.82) is 0 Å². The topological polar surface area (TPSA) is 125 Å². The second kappa shape index (κ2) is 10.0. The van der Waals surface area contributed by atoms with Gasteiger partial charge in [-0.2, -0.15) is 0 Å². The molecule has 0 aliphatic heterocycles. The average molecular weight is 453 g/mol. The lowest BCUT2D eigenvalue weighted by molar-refractivity contribution is -0.147. The van der Waals surface area contributed by atoms with Crippen LogP contribution in [-0.2, 0) is 14.3 Å². The number of amides is 2. The third kappa shape index (κ3) is 5.34. The van der Waals surface area contributed by atoms with Gasteiger partial charge in [0.2, 0.25) is 5.91 Å². The van der Waals surface area contributed by atoms with Crippen LogP contribution in [0.3, 0.4) is 0 Å². The minimum atomic E-state index is -1.47. The molecule has 0 saturated heterocycles. The average Bonchev–Trinajstić information content (AvgIpc) is 3.10. The molecule has 0 spiro atoms. The molecular formula is C25H28N2O6. The fraction of sp³-hybridized carbons (Fsp3) is 0.400. The van der Waals surface area contributed by atoms with Crippen molar-refractivity contribution in [2.24, 2.45) is 5.92 Å². The van der Waals surface area contributed by atoms with Gasteiger partial charge in [-0.25, -0.2) is 9.59 Å². The number of carbonyl (C=O) groups is 3. The Morgan fingerprint density at radius 1 is 1.00 bits per heavy atom. The monoisotopic (exact) mass is 452 g/mol. The maximum Gasteiger partial charge on any atom is 0.407 e. The van der Waals surface area contributed by atoms with Crippen LogP contribution in [0.15, 0.2) is 48.5 Å². The first-order chi connectivity index (χ1) is 15.9. The maximum absolute atomic E-state index is 12.3. The number of benzene rings is 2. The number of alkyl carbamates (subject to hydrolysis) is 1. The van der Waals surface area contributed by atoms with Crippen molar-refractivity contribution in [3.05, 3.63) is 59.7 Å². The number of fused-ring (bicyclic) bond motifs is 3. The van der Waals surface area contributed by atoms with Gasteiger partial charge in [-0.3, -0.25) is 4.79 Å². The Bertz CT molecular complexity index is 988. The molecule has 0 heterocycles. The van der Waals surface area contributed by atoms with Crippen molar-refractivity contribution in [2.75, 3.05) is 13.2 Å². The molecule has 2 aromatic carbocycles. The highest BCUT2D eigenvalue weighted by Gasteiger charge is 2.33. The van der Waals surface area contributed by atoms with Gasteiger partial charge in [-0.15, -0.1) is 0 Å². The van der Waals surface area contributed by atoms with Crippen molar-refractivity contribution in [3.63, 3.8) is 0 Å². The number of aliphatic hydroxyl groups is 1. The third-order valence-electron chi connectivity index (χ3n) is 6.40. The molecule has 8 heteroatoms. The van der Waals surface area contributed by atoms with E-state index in [1.807, 2.05) is 24.3 Å². The molecule has 0 bridgehead atoms. The SMILES string of the molecule is O=C(CC1CC(NC(=O)OCC2c3ccccc3-c3ccccc32)C1)NCCC(O)C(=O)O. The van der Waals surface area contributed by atoms with Crippen LogP contribution in [0.5, 0.6) is 0 Å². The van der Waals surface area contributed by atoms with Gasteiger partial charge >= 0.3 is 12.1 Å². The van der Waals surface area contributed by atoms with Crippen molar-refractivity contribution >= 4 is 18.0 Å². The number of hydrogen-bond donors (Lipinski definition) is 4. The predicted octanol–water partition coefficient (Wildman–Crippen LogP) is 2.65. The normalized spacial score (nSPS) is 19.5. The van der Waals surface area contributed by atoms with Gasteiger partial charge in [0.1, 0.15) is 6.61 Å². The van der Waals surface area contributed by atoms with Gasteiger partial charge in [0.15, 0.2) is 6.10 Å². The number of rotatable bonds is 9. The quantitative estimate of drug-likeness (QED) is 0.464. The molecule has 174 valence electrons.